The summed E-state index contributed by atoms with van der Waals surface area (Å²) in [7, 11) is 0. The molecule has 3 N–H and O–H groups in total. The number of para-hydroxylation sites is 1. The topological polar surface area (TPSA) is 38.0 Å². The van der Waals surface area contributed by atoms with Crippen LogP contribution in [0.25, 0.3) is 6.08 Å². The second-order valence-corrected chi connectivity index (χ2v) is 3.44. The van der Waals surface area contributed by atoms with Crippen molar-refractivity contribution in [2.75, 3.05) is 5.32 Å². The molecule has 0 bridgehead atoms. The normalized spacial score (nSPS) is 26.2. The van der Waals surface area contributed by atoms with Gasteiger partial charge in [0.15, 0.2) is 5.12 Å². The third-order valence-electron chi connectivity index (χ3n) is 1.79. The van der Waals surface area contributed by atoms with Gasteiger partial charge in [0.1, 0.15) is 0 Å². The van der Waals surface area contributed by atoms with E-state index in [1.807, 2.05) is 30.3 Å². The molecule has 0 radical (unpaired) electrons. The Morgan fingerprint density at radius 3 is 2.92 bits per heavy atom. The molecule has 0 fully saturated rings. The average molecular weight is 181 g/mol. The van der Waals surface area contributed by atoms with Crippen molar-refractivity contribution in [3.05, 3.63) is 35.9 Å². The maximum Gasteiger partial charge on any atom is 0.183 e. The van der Waals surface area contributed by atoms with Crippen molar-refractivity contribution < 1.29 is 0 Å². The van der Waals surface area contributed by atoms with Crippen molar-refractivity contribution >= 4 is 23.4 Å². The molecule has 0 spiro atoms. The highest BCUT2D eigenvalue weighted by Gasteiger charge is 2.21. The van der Waals surface area contributed by atoms with E-state index in [-0.39, 0.29) is 0 Å². The predicted molar refractivity (Wildman–Crippen MR) is 51.9 cm³/mol. The Hall–Kier alpha value is -0.990. The molecule has 1 heterocycles. The van der Waals surface area contributed by atoms with Crippen molar-refractivity contribution in [3.63, 3.8) is 0 Å². The zero-order valence-electron chi connectivity index (χ0n) is 6.42. The smallest absolute Gasteiger partial charge is 0.183 e. The average Bonchev–Trinajstić information content (AvgIpc) is 2.02. The summed E-state index contributed by atoms with van der Waals surface area (Å²) in [6, 6.07) is 7.87. The third kappa shape index (κ3) is 1.31. The lowest BCUT2D eigenvalue weighted by molar-refractivity contribution is 0.847. The third-order valence-corrected chi connectivity index (χ3v) is 2.01. The van der Waals surface area contributed by atoms with Gasteiger partial charge in [0, 0.05) is 5.69 Å². The summed E-state index contributed by atoms with van der Waals surface area (Å²) in [5.41, 5.74) is 7.74. The lowest BCUT2D eigenvalue weighted by atomic mass is 10.1. The minimum atomic E-state index is -0.936. The molecule has 1 atom stereocenters. The number of nitrogens with one attached hydrogen (secondary N) is 1. The Morgan fingerprint density at radius 2 is 2.08 bits per heavy atom. The number of anilines is 1. The summed E-state index contributed by atoms with van der Waals surface area (Å²) in [4.78, 5) is 0. The van der Waals surface area contributed by atoms with Gasteiger partial charge in [-0.15, -0.1) is 0 Å². The quantitative estimate of drug-likeness (QED) is 0.473. The standard InChI is InChI=1S/C9H9ClN2/c10-9(11)6-5-7-3-1-2-4-8(7)12-9/h1-6,12H,11H2. The number of fused-ring (bicyclic) bond motifs is 1. The van der Waals surface area contributed by atoms with Crippen molar-refractivity contribution in [1.82, 2.24) is 0 Å². The van der Waals surface area contributed by atoms with Crippen molar-refractivity contribution in [1.29, 1.82) is 0 Å². The Kier molecular flexibility index (Phi) is 1.60. The highest BCUT2D eigenvalue weighted by atomic mass is 35.5. The van der Waals surface area contributed by atoms with Crippen LogP contribution < -0.4 is 11.1 Å². The van der Waals surface area contributed by atoms with Crippen LogP contribution in [0.3, 0.4) is 0 Å². The molecule has 0 saturated carbocycles. The van der Waals surface area contributed by atoms with Gasteiger partial charge < -0.3 is 5.32 Å². The first-order chi connectivity index (χ1) is 5.67. The molecule has 0 saturated heterocycles. The van der Waals surface area contributed by atoms with E-state index in [1.165, 1.54) is 0 Å². The minimum Gasteiger partial charge on any atom is -0.351 e. The van der Waals surface area contributed by atoms with E-state index in [0.717, 1.165) is 11.3 Å². The Bertz CT molecular complexity index is 331. The summed E-state index contributed by atoms with van der Waals surface area (Å²) in [5, 5.41) is 2.06. The Labute approximate surface area is 76.0 Å². The second-order valence-electron chi connectivity index (χ2n) is 2.81. The summed E-state index contributed by atoms with van der Waals surface area (Å²) < 4.78 is 0. The van der Waals surface area contributed by atoms with Crippen LogP contribution in [0.5, 0.6) is 0 Å². The molecule has 1 aliphatic heterocycles. The van der Waals surface area contributed by atoms with Gasteiger partial charge in [-0.1, -0.05) is 35.9 Å². The van der Waals surface area contributed by atoms with E-state index >= 15 is 0 Å². The van der Waals surface area contributed by atoms with Gasteiger partial charge in [-0.2, -0.15) is 0 Å². The zero-order chi connectivity index (χ0) is 8.60. The first-order valence-electron chi connectivity index (χ1n) is 3.72. The molecule has 2 rings (SSSR count). The van der Waals surface area contributed by atoms with E-state index in [1.54, 1.807) is 6.08 Å². The van der Waals surface area contributed by atoms with Gasteiger partial charge >= 0.3 is 0 Å². The maximum absolute atomic E-state index is 5.88. The van der Waals surface area contributed by atoms with Crippen LogP contribution in [-0.2, 0) is 0 Å². The van der Waals surface area contributed by atoms with Crippen LogP contribution in [0.4, 0.5) is 5.69 Å². The molecular weight excluding hydrogens is 172 g/mol. The molecule has 0 aromatic heterocycles. The van der Waals surface area contributed by atoms with Crippen LogP contribution in [0, 0.1) is 0 Å². The maximum atomic E-state index is 5.88. The molecule has 3 heteroatoms. The Morgan fingerprint density at radius 1 is 1.33 bits per heavy atom. The van der Waals surface area contributed by atoms with E-state index < -0.39 is 5.12 Å². The lowest BCUT2D eigenvalue weighted by Gasteiger charge is -2.25. The number of hydrogen-bond acceptors (Lipinski definition) is 2. The Balaban J connectivity index is 2.46. The van der Waals surface area contributed by atoms with E-state index in [9.17, 15) is 0 Å². The molecule has 1 aromatic rings. The molecular formula is C9H9ClN2. The number of hydrogen-bond donors (Lipinski definition) is 2. The van der Waals surface area contributed by atoms with Crippen molar-refractivity contribution in [2.45, 2.75) is 5.12 Å². The van der Waals surface area contributed by atoms with Gasteiger partial charge in [-0.05, 0) is 17.7 Å². The molecule has 1 unspecified atom stereocenters. The molecule has 0 amide bonds. The number of halogens is 1. The van der Waals surface area contributed by atoms with Gasteiger partial charge in [0.05, 0.1) is 0 Å². The monoisotopic (exact) mass is 180 g/mol. The van der Waals surface area contributed by atoms with Crippen LogP contribution in [0.1, 0.15) is 5.56 Å². The first kappa shape index (κ1) is 7.65. The minimum absolute atomic E-state index is 0.936. The van der Waals surface area contributed by atoms with Crippen molar-refractivity contribution in [2.24, 2.45) is 5.73 Å². The largest absolute Gasteiger partial charge is 0.351 e. The van der Waals surface area contributed by atoms with Gasteiger partial charge in [-0.25, -0.2) is 0 Å². The fourth-order valence-corrected chi connectivity index (χ4v) is 1.38. The first-order valence-corrected chi connectivity index (χ1v) is 4.09. The van der Waals surface area contributed by atoms with Crippen LogP contribution >= 0.6 is 11.6 Å². The van der Waals surface area contributed by atoms with Gasteiger partial charge in [0.2, 0.25) is 0 Å². The van der Waals surface area contributed by atoms with Crippen LogP contribution in [0.15, 0.2) is 30.3 Å². The summed E-state index contributed by atoms with van der Waals surface area (Å²) in [6.07, 6.45) is 3.65. The summed E-state index contributed by atoms with van der Waals surface area (Å²) in [5.74, 6) is 0. The number of nitrogens with two attached hydrogens (primary N) is 1. The van der Waals surface area contributed by atoms with E-state index in [4.69, 9.17) is 17.3 Å². The molecule has 62 valence electrons. The van der Waals surface area contributed by atoms with Crippen LogP contribution in [0.2, 0.25) is 0 Å². The molecule has 2 nitrogen and oxygen atoms in total. The van der Waals surface area contributed by atoms with Gasteiger partial charge in [-0.3, -0.25) is 5.73 Å². The summed E-state index contributed by atoms with van der Waals surface area (Å²) >= 11 is 5.88. The molecule has 0 aliphatic carbocycles. The molecule has 12 heavy (non-hydrogen) atoms. The van der Waals surface area contributed by atoms with Crippen molar-refractivity contribution in [3.8, 4) is 0 Å². The van der Waals surface area contributed by atoms with Gasteiger partial charge in [0.25, 0.3) is 0 Å². The fraction of sp³-hybridized carbons (Fsp3) is 0.111. The summed E-state index contributed by atoms with van der Waals surface area (Å²) in [6.45, 7) is 0. The zero-order valence-corrected chi connectivity index (χ0v) is 7.18. The van der Waals surface area contributed by atoms with E-state index in [0.29, 0.717) is 0 Å². The molecule has 1 aromatic carbocycles. The molecule has 1 aliphatic rings. The SMILES string of the molecule is NC1(Cl)C=Cc2ccccc2N1. The lowest BCUT2D eigenvalue weighted by Crippen LogP contribution is -2.41. The van der Waals surface area contributed by atoms with Crippen LogP contribution in [-0.4, -0.2) is 5.12 Å². The highest BCUT2D eigenvalue weighted by molar-refractivity contribution is 6.26. The second kappa shape index (κ2) is 2.51. The fourth-order valence-electron chi connectivity index (χ4n) is 1.22. The number of benzene rings is 1. The number of rotatable bonds is 0. The predicted octanol–water partition coefficient (Wildman–Crippen LogP) is 1.98. The highest BCUT2D eigenvalue weighted by Crippen LogP contribution is 2.26. The van der Waals surface area contributed by atoms with E-state index in [2.05, 4.69) is 5.32 Å². The number of alkyl halides is 1.